The summed E-state index contributed by atoms with van der Waals surface area (Å²) >= 11 is 4.80. The van der Waals surface area contributed by atoms with E-state index >= 15 is 0 Å². The first-order valence-corrected chi connectivity index (χ1v) is 8.66. The molecule has 1 aromatic heterocycles. The fraction of sp³-hybridized carbons (Fsp3) is 0.250. The average Bonchev–Trinajstić information content (AvgIpc) is 3.05. The van der Waals surface area contributed by atoms with Gasteiger partial charge in [-0.25, -0.2) is 0 Å². The molecule has 1 aliphatic rings. The van der Waals surface area contributed by atoms with Gasteiger partial charge in [-0.2, -0.15) is 0 Å². The largest absolute Gasteiger partial charge is 0.324 e. The minimum absolute atomic E-state index is 0.0431. The number of halogens is 1. The summed E-state index contributed by atoms with van der Waals surface area (Å²) in [4.78, 5) is 29.2. The molecular weight excluding hydrogens is 364 g/mol. The zero-order valence-corrected chi connectivity index (χ0v) is 14.4. The Balaban J connectivity index is 1.78. The van der Waals surface area contributed by atoms with Gasteiger partial charge in [-0.15, -0.1) is 11.3 Å². The van der Waals surface area contributed by atoms with E-state index in [0.717, 1.165) is 10.2 Å². The molecule has 4 nitrogen and oxygen atoms in total. The lowest BCUT2D eigenvalue weighted by Gasteiger charge is -2.39. The van der Waals surface area contributed by atoms with Gasteiger partial charge in [-0.05, 0) is 42.6 Å². The molecule has 0 bridgehead atoms. The van der Waals surface area contributed by atoms with Crippen LogP contribution in [0.25, 0.3) is 0 Å². The zero-order chi connectivity index (χ0) is 15.7. The molecule has 3 rings (SSSR count). The van der Waals surface area contributed by atoms with Gasteiger partial charge in [0.15, 0.2) is 0 Å². The number of rotatable bonds is 2. The summed E-state index contributed by atoms with van der Waals surface area (Å²) in [6.07, 6.45) is 0. The van der Waals surface area contributed by atoms with Crippen LogP contribution in [0.15, 0.2) is 46.3 Å². The van der Waals surface area contributed by atoms with Crippen molar-refractivity contribution in [3.8, 4) is 0 Å². The monoisotopic (exact) mass is 378 g/mol. The first kappa shape index (κ1) is 15.2. The summed E-state index contributed by atoms with van der Waals surface area (Å²) < 4.78 is 0.975. The van der Waals surface area contributed by atoms with Gasteiger partial charge in [0.1, 0.15) is 6.04 Å². The van der Waals surface area contributed by atoms with Gasteiger partial charge in [-0.3, -0.25) is 9.59 Å². The highest BCUT2D eigenvalue weighted by Crippen LogP contribution is 2.24. The van der Waals surface area contributed by atoms with Gasteiger partial charge in [0.25, 0.3) is 5.91 Å². The third-order valence-corrected chi connectivity index (χ3v) is 5.17. The van der Waals surface area contributed by atoms with Crippen molar-refractivity contribution in [2.24, 2.45) is 0 Å². The Bertz CT molecular complexity index is 685. The van der Waals surface area contributed by atoms with Crippen molar-refractivity contribution in [2.45, 2.75) is 13.0 Å². The van der Waals surface area contributed by atoms with E-state index < -0.39 is 6.04 Å². The molecule has 2 heterocycles. The van der Waals surface area contributed by atoms with Crippen molar-refractivity contribution in [3.05, 3.63) is 51.1 Å². The second-order valence-corrected chi connectivity index (χ2v) is 6.98. The molecule has 0 saturated carbocycles. The minimum Gasteiger partial charge on any atom is -0.324 e. The van der Waals surface area contributed by atoms with Gasteiger partial charge >= 0.3 is 0 Å². The molecule has 0 aliphatic carbocycles. The summed E-state index contributed by atoms with van der Waals surface area (Å²) in [6.45, 7) is 2.85. The predicted octanol–water partition coefficient (Wildman–Crippen LogP) is 3.39. The maximum absolute atomic E-state index is 12.6. The first-order valence-electron chi connectivity index (χ1n) is 6.99. The Morgan fingerprint density at radius 1 is 1.23 bits per heavy atom. The van der Waals surface area contributed by atoms with Crippen molar-refractivity contribution in [1.82, 2.24) is 4.90 Å². The summed E-state index contributed by atoms with van der Waals surface area (Å²) in [6, 6.07) is 10.8. The zero-order valence-electron chi connectivity index (χ0n) is 12.0. The normalized spacial score (nSPS) is 18.6. The molecular formula is C16H15BrN2O2S. The molecule has 22 heavy (non-hydrogen) atoms. The molecule has 1 atom stereocenters. The molecule has 0 spiro atoms. The molecule has 114 valence electrons. The van der Waals surface area contributed by atoms with Crippen LogP contribution in [-0.2, 0) is 4.79 Å². The molecule has 6 heteroatoms. The van der Waals surface area contributed by atoms with Crippen LogP contribution in [0.4, 0.5) is 5.69 Å². The van der Waals surface area contributed by atoms with E-state index in [4.69, 9.17) is 0 Å². The predicted molar refractivity (Wildman–Crippen MR) is 91.3 cm³/mol. The Kier molecular flexibility index (Phi) is 4.31. The number of carbonyl (C=O) groups is 2. The fourth-order valence-corrected chi connectivity index (χ4v) is 3.51. The summed E-state index contributed by atoms with van der Waals surface area (Å²) in [7, 11) is 0. The molecule has 0 radical (unpaired) electrons. The van der Waals surface area contributed by atoms with E-state index in [1.54, 1.807) is 22.8 Å². The SMILES string of the molecule is C[C@H]1C(=O)N(c2ccc(Br)cc2)CCN1C(=O)c1cccs1. The van der Waals surface area contributed by atoms with Crippen LogP contribution >= 0.6 is 27.3 Å². The Morgan fingerprint density at radius 2 is 1.95 bits per heavy atom. The van der Waals surface area contributed by atoms with E-state index in [9.17, 15) is 9.59 Å². The van der Waals surface area contributed by atoms with E-state index in [1.807, 2.05) is 35.7 Å². The highest BCUT2D eigenvalue weighted by Gasteiger charge is 2.35. The number of hydrogen-bond acceptors (Lipinski definition) is 3. The number of hydrogen-bond donors (Lipinski definition) is 0. The van der Waals surface area contributed by atoms with Gasteiger partial charge in [-0.1, -0.05) is 22.0 Å². The maximum Gasteiger partial charge on any atom is 0.264 e. The Morgan fingerprint density at radius 3 is 2.59 bits per heavy atom. The van der Waals surface area contributed by atoms with Crippen LogP contribution in [0, 0.1) is 0 Å². The van der Waals surface area contributed by atoms with Crippen LogP contribution in [0.2, 0.25) is 0 Å². The smallest absolute Gasteiger partial charge is 0.264 e. The maximum atomic E-state index is 12.6. The van der Waals surface area contributed by atoms with Crippen LogP contribution in [0.1, 0.15) is 16.6 Å². The van der Waals surface area contributed by atoms with Crippen LogP contribution in [-0.4, -0.2) is 35.8 Å². The molecule has 1 saturated heterocycles. The molecule has 2 amide bonds. The van der Waals surface area contributed by atoms with Crippen LogP contribution < -0.4 is 4.90 Å². The minimum atomic E-state index is -0.452. The van der Waals surface area contributed by atoms with Gasteiger partial charge < -0.3 is 9.80 Å². The topological polar surface area (TPSA) is 40.6 Å². The highest BCUT2D eigenvalue weighted by molar-refractivity contribution is 9.10. The number of anilines is 1. The third kappa shape index (κ3) is 2.80. The van der Waals surface area contributed by atoms with Crippen molar-refractivity contribution >= 4 is 44.8 Å². The highest BCUT2D eigenvalue weighted by atomic mass is 79.9. The van der Waals surface area contributed by atoms with E-state index in [1.165, 1.54) is 11.3 Å². The van der Waals surface area contributed by atoms with Crippen molar-refractivity contribution < 1.29 is 9.59 Å². The van der Waals surface area contributed by atoms with E-state index in [-0.39, 0.29) is 11.8 Å². The quantitative estimate of drug-likeness (QED) is 0.803. The second kappa shape index (κ2) is 6.22. The molecule has 0 N–H and O–H groups in total. The van der Waals surface area contributed by atoms with Crippen LogP contribution in [0.5, 0.6) is 0 Å². The summed E-state index contributed by atoms with van der Waals surface area (Å²) in [5.41, 5.74) is 0.864. The fourth-order valence-electron chi connectivity index (χ4n) is 2.57. The first-order chi connectivity index (χ1) is 10.6. The summed E-state index contributed by atoms with van der Waals surface area (Å²) in [5, 5.41) is 1.87. The lowest BCUT2D eigenvalue weighted by molar-refractivity contribution is -0.124. The number of thiophene rings is 1. The van der Waals surface area contributed by atoms with E-state index in [2.05, 4.69) is 15.9 Å². The molecule has 1 fully saturated rings. The number of benzene rings is 1. The lowest BCUT2D eigenvalue weighted by Crippen LogP contribution is -2.57. The van der Waals surface area contributed by atoms with E-state index in [0.29, 0.717) is 18.0 Å². The molecule has 1 aliphatic heterocycles. The standard InChI is InChI=1S/C16H15BrN2O2S/c1-11-15(20)19(13-6-4-12(17)5-7-13)9-8-18(11)16(21)14-3-2-10-22-14/h2-7,10-11H,8-9H2,1H3/t11-/m0/s1. The second-order valence-electron chi connectivity index (χ2n) is 5.12. The lowest BCUT2D eigenvalue weighted by atomic mass is 10.1. The molecule has 2 aromatic rings. The number of carbonyl (C=O) groups excluding carboxylic acids is 2. The Hall–Kier alpha value is -1.66. The van der Waals surface area contributed by atoms with Gasteiger partial charge in [0.2, 0.25) is 5.91 Å². The molecule has 1 aromatic carbocycles. The molecule has 0 unspecified atom stereocenters. The van der Waals surface area contributed by atoms with Crippen LogP contribution in [0.3, 0.4) is 0 Å². The Labute approximate surface area is 141 Å². The average molecular weight is 379 g/mol. The van der Waals surface area contributed by atoms with Crippen molar-refractivity contribution in [1.29, 1.82) is 0 Å². The number of nitrogens with zero attached hydrogens (tertiary/aromatic N) is 2. The summed E-state index contributed by atoms with van der Waals surface area (Å²) in [5.74, 6) is -0.107. The number of piperazine rings is 1. The van der Waals surface area contributed by atoms with Gasteiger partial charge in [0, 0.05) is 23.2 Å². The van der Waals surface area contributed by atoms with Gasteiger partial charge in [0.05, 0.1) is 4.88 Å². The third-order valence-electron chi connectivity index (χ3n) is 3.79. The van der Waals surface area contributed by atoms with Crippen molar-refractivity contribution in [2.75, 3.05) is 18.0 Å². The number of amides is 2. The van der Waals surface area contributed by atoms with Crippen molar-refractivity contribution in [3.63, 3.8) is 0 Å².